The Hall–Kier alpha value is -1.14. The van der Waals surface area contributed by atoms with E-state index in [1.807, 2.05) is 20.8 Å². The first kappa shape index (κ1) is 14.9. The van der Waals surface area contributed by atoms with E-state index in [1.165, 1.54) is 0 Å². The summed E-state index contributed by atoms with van der Waals surface area (Å²) < 4.78 is 16.0. The van der Waals surface area contributed by atoms with Gasteiger partial charge in [-0.25, -0.2) is 0 Å². The number of nitrogens with zero attached hydrogens (tertiary/aromatic N) is 3. The second-order valence-electron chi connectivity index (χ2n) is 3.61. The van der Waals surface area contributed by atoms with Gasteiger partial charge in [-0.3, -0.25) is 0 Å². The van der Waals surface area contributed by atoms with Gasteiger partial charge in [0.15, 0.2) is 0 Å². The van der Waals surface area contributed by atoms with Gasteiger partial charge in [-0.1, -0.05) is 6.92 Å². The summed E-state index contributed by atoms with van der Waals surface area (Å²) in [5, 5.41) is 0.0507. The molecule has 1 heterocycles. The van der Waals surface area contributed by atoms with Crippen LogP contribution in [-0.4, -0.2) is 40.9 Å². The first-order valence-corrected chi connectivity index (χ1v) is 6.32. The van der Waals surface area contributed by atoms with Crippen LogP contribution in [-0.2, 0) is 4.74 Å². The van der Waals surface area contributed by atoms with E-state index in [1.54, 1.807) is 0 Å². The van der Waals surface area contributed by atoms with E-state index in [9.17, 15) is 0 Å². The average Bonchev–Trinajstić information content (AvgIpc) is 2.33. The summed E-state index contributed by atoms with van der Waals surface area (Å²) in [7, 11) is 0. The number of ether oxygens (including phenoxy) is 3. The monoisotopic (exact) mass is 275 g/mol. The van der Waals surface area contributed by atoms with Crippen molar-refractivity contribution in [2.45, 2.75) is 33.3 Å². The average molecular weight is 276 g/mol. The van der Waals surface area contributed by atoms with Crippen molar-refractivity contribution in [3.8, 4) is 12.0 Å². The minimum Gasteiger partial charge on any atom is -0.463 e. The van der Waals surface area contributed by atoms with E-state index in [4.69, 9.17) is 25.8 Å². The van der Waals surface area contributed by atoms with E-state index >= 15 is 0 Å². The zero-order chi connectivity index (χ0) is 13.4. The second-order valence-corrected chi connectivity index (χ2v) is 3.94. The van der Waals surface area contributed by atoms with E-state index < -0.39 is 0 Å². The normalized spacial score (nSPS) is 12.2. The third-order valence-electron chi connectivity index (χ3n) is 1.87. The highest BCUT2D eigenvalue weighted by Crippen LogP contribution is 2.14. The van der Waals surface area contributed by atoms with E-state index in [0.717, 1.165) is 6.42 Å². The number of halogens is 1. The molecule has 0 saturated heterocycles. The molecule has 102 valence electrons. The Morgan fingerprint density at radius 1 is 1.17 bits per heavy atom. The minimum absolute atomic E-state index is 0.0507. The molecular weight excluding hydrogens is 258 g/mol. The Labute approximate surface area is 112 Å². The van der Waals surface area contributed by atoms with Crippen molar-refractivity contribution >= 4 is 11.6 Å². The van der Waals surface area contributed by atoms with E-state index in [2.05, 4.69) is 15.0 Å². The van der Waals surface area contributed by atoms with E-state index in [-0.39, 0.29) is 23.4 Å². The smallest absolute Gasteiger partial charge is 0.324 e. The fourth-order valence-corrected chi connectivity index (χ4v) is 1.27. The molecule has 0 fully saturated rings. The van der Waals surface area contributed by atoms with Crippen LogP contribution in [0.1, 0.15) is 27.2 Å². The maximum atomic E-state index is 5.76. The highest BCUT2D eigenvalue weighted by atomic mass is 35.5. The first-order chi connectivity index (χ1) is 8.65. The summed E-state index contributed by atoms with van der Waals surface area (Å²) in [5.41, 5.74) is 0. The van der Waals surface area contributed by atoms with Crippen LogP contribution in [0.3, 0.4) is 0 Å². The molecule has 1 rings (SSSR count). The van der Waals surface area contributed by atoms with Crippen molar-refractivity contribution < 1.29 is 14.2 Å². The molecule has 0 aliphatic rings. The third kappa shape index (κ3) is 5.46. The van der Waals surface area contributed by atoms with Crippen molar-refractivity contribution in [3.05, 3.63) is 5.28 Å². The molecule has 1 aromatic rings. The lowest BCUT2D eigenvalue weighted by molar-refractivity contribution is 0.0600. The highest BCUT2D eigenvalue weighted by molar-refractivity contribution is 6.28. The fourth-order valence-electron chi connectivity index (χ4n) is 1.12. The van der Waals surface area contributed by atoms with Crippen molar-refractivity contribution in [3.63, 3.8) is 0 Å². The van der Waals surface area contributed by atoms with Crippen molar-refractivity contribution in [2.24, 2.45) is 0 Å². The topological polar surface area (TPSA) is 66.4 Å². The lowest BCUT2D eigenvalue weighted by Gasteiger charge is -2.13. The number of aromatic nitrogens is 3. The van der Waals surface area contributed by atoms with Gasteiger partial charge >= 0.3 is 12.0 Å². The fraction of sp³-hybridized carbons (Fsp3) is 0.727. The molecule has 0 amide bonds. The largest absolute Gasteiger partial charge is 0.463 e. The Bertz CT molecular complexity index is 365. The van der Waals surface area contributed by atoms with Gasteiger partial charge in [0.05, 0.1) is 13.2 Å². The number of rotatable bonds is 8. The Balaban J connectivity index is 2.61. The number of hydrogen-bond donors (Lipinski definition) is 0. The highest BCUT2D eigenvalue weighted by Gasteiger charge is 2.10. The predicted octanol–water partition coefficient (Wildman–Crippen LogP) is 2.12. The molecule has 0 bridgehead atoms. The summed E-state index contributed by atoms with van der Waals surface area (Å²) in [6.07, 6.45) is 0.697. The molecule has 0 N–H and O–H groups in total. The van der Waals surface area contributed by atoms with E-state index in [0.29, 0.717) is 19.8 Å². The lowest BCUT2D eigenvalue weighted by atomic mass is 10.4. The Morgan fingerprint density at radius 3 is 2.56 bits per heavy atom. The van der Waals surface area contributed by atoms with Gasteiger partial charge < -0.3 is 14.2 Å². The molecular formula is C11H18ClN3O3. The van der Waals surface area contributed by atoms with Crippen LogP contribution >= 0.6 is 11.6 Å². The second kappa shape index (κ2) is 8.05. The summed E-state index contributed by atoms with van der Waals surface area (Å²) in [6.45, 7) is 7.39. The van der Waals surface area contributed by atoms with Crippen LogP contribution in [0.2, 0.25) is 5.28 Å². The Morgan fingerprint density at radius 2 is 1.89 bits per heavy atom. The third-order valence-corrected chi connectivity index (χ3v) is 2.03. The van der Waals surface area contributed by atoms with Crippen LogP contribution in [0.5, 0.6) is 12.0 Å². The van der Waals surface area contributed by atoms with Crippen LogP contribution < -0.4 is 9.47 Å². The van der Waals surface area contributed by atoms with Gasteiger partial charge in [0, 0.05) is 6.61 Å². The molecule has 0 aliphatic carbocycles. The molecule has 0 aliphatic heterocycles. The van der Waals surface area contributed by atoms with Crippen LogP contribution in [0.4, 0.5) is 0 Å². The summed E-state index contributed by atoms with van der Waals surface area (Å²) in [4.78, 5) is 11.7. The number of hydrogen-bond acceptors (Lipinski definition) is 6. The Kier molecular flexibility index (Phi) is 6.67. The van der Waals surface area contributed by atoms with Gasteiger partial charge in [0.25, 0.3) is 0 Å². The van der Waals surface area contributed by atoms with Gasteiger partial charge in [-0.05, 0) is 31.9 Å². The molecule has 6 nitrogen and oxygen atoms in total. The van der Waals surface area contributed by atoms with Crippen LogP contribution in [0.15, 0.2) is 0 Å². The predicted molar refractivity (Wildman–Crippen MR) is 67.2 cm³/mol. The molecule has 18 heavy (non-hydrogen) atoms. The van der Waals surface area contributed by atoms with Crippen molar-refractivity contribution in [1.29, 1.82) is 0 Å². The SMILES string of the molecule is CCCOc1nc(Cl)nc(OC(C)COCC)n1. The molecule has 0 radical (unpaired) electrons. The molecule has 0 aromatic carbocycles. The molecule has 1 aromatic heterocycles. The van der Waals surface area contributed by atoms with Crippen molar-refractivity contribution in [1.82, 2.24) is 15.0 Å². The van der Waals surface area contributed by atoms with Gasteiger partial charge in [0.2, 0.25) is 5.28 Å². The standard InChI is InChI=1S/C11H18ClN3O3/c1-4-6-17-10-13-9(12)14-11(15-10)18-8(3)7-16-5-2/h8H,4-7H2,1-3H3. The van der Waals surface area contributed by atoms with Gasteiger partial charge in [-0.2, -0.15) is 9.97 Å². The summed E-state index contributed by atoms with van der Waals surface area (Å²) in [5.74, 6) is 0. The van der Waals surface area contributed by atoms with Crippen LogP contribution in [0.25, 0.3) is 0 Å². The summed E-state index contributed by atoms with van der Waals surface area (Å²) in [6, 6.07) is 0.323. The summed E-state index contributed by atoms with van der Waals surface area (Å²) >= 11 is 5.76. The maximum Gasteiger partial charge on any atom is 0.324 e. The molecule has 0 saturated carbocycles. The first-order valence-electron chi connectivity index (χ1n) is 5.94. The van der Waals surface area contributed by atoms with Gasteiger partial charge in [-0.15, -0.1) is 4.98 Å². The quantitative estimate of drug-likeness (QED) is 0.724. The molecule has 0 spiro atoms. The van der Waals surface area contributed by atoms with Gasteiger partial charge in [0.1, 0.15) is 6.10 Å². The molecule has 7 heteroatoms. The van der Waals surface area contributed by atoms with Crippen LogP contribution in [0, 0.1) is 0 Å². The lowest BCUT2D eigenvalue weighted by Crippen LogP contribution is -2.20. The van der Waals surface area contributed by atoms with Crippen molar-refractivity contribution in [2.75, 3.05) is 19.8 Å². The minimum atomic E-state index is -0.164. The molecule has 1 atom stereocenters. The zero-order valence-electron chi connectivity index (χ0n) is 10.9. The zero-order valence-corrected chi connectivity index (χ0v) is 11.6. The molecule has 1 unspecified atom stereocenters. The maximum absolute atomic E-state index is 5.76.